The maximum absolute atomic E-state index is 13.0. The van der Waals surface area contributed by atoms with Gasteiger partial charge in [-0.3, -0.25) is 14.5 Å². The minimum Gasteiger partial charge on any atom is -0.481 e. The number of fused-ring (bicyclic) bond motifs is 1. The third kappa shape index (κ3) is 4.25. The summed E-state index contributed by atoms with van der Waals surface area (Å²) in [6.45, 7) is 6.05. The molecule has 0 unspecified atom stereocenters. The Morgan fingerprint density at radius 3 is 2.79 bits per heavy atom. The van der Waals surface area contributed by atoms with Gasteiger partial charge in [0.1, 0.15) is 11.4 Å². The number of carbonyl (C=O) groups is 2. The Balaban J connectivity index is 1.37. The molecule has 1 saturated heterocycles. The van der Waals surface area contributed by atoms with E-state index in [1.54, 1.807) is 0 Å². The Bertz CT molecular complexity index is 828. The van der Waals surface area contributed by atoms with Crippen molar-refractivity contribution in [1.82, 2.24) is 19.4 Å². The molecule has 1 aromatic rings. The van der Waals surface area contributed by atoms with E-state index >= 15 is 0 Å². The van der Waals surface area contributed by atoms with Crippen LogP contribution in [0, 0.1) is 11.8 Å². The number of allylic oxidation sites excluding steroid dienone is 1. The molecule has 3 heterocycles. The van der Waals surface area contributed by atoms with E-state index in [9.17, 15) is 9.59 Å². The molecule has 2 fully saturated rings. The van der Waals surface area contributed by atoms with Crippen molar-refractivity contribution in [2.24, 2.45) is 18.9 Å². The number of nitrogens with zero attached hydrogens (tertiary/aromatic N) is 4. The molecule has 0 spiro atoms. The van der Waals surface area contributed by atoms with Gasteiger partial charge >= 0.3 is 0 Å². The Kier molecular flexibility index (Phi) is 5.27. The molecular formula is C22H32N4O3. The van der Waals surface area contributed by atoms with Crippen molar-refractivity contribution in [2.75, 3.05) is 20.1 Å². The lowest BCUT2D eigenvalue weighted by molar-refractivity contribution is -0.140. The van der Waals surface area contributed by atoms with Gasteiger partial charge in [-0.1, -0.05) is 0 Å². The van der Waals surface area contributed by atoms with Crippen LogP contribution in [0.3, 0.4) is 0 Å². The molecule has 1 aromatic heterocycles. The molecule has 2 aliphatic heterocycles. The van der Waals surface area contributed by atoms with Crippen LogP contribution < -0.4 is 0 Å². The summed E-state index contributed by atoms with van der Waals surface area (Å²) in [5, 5.41) is 0. The highest BCUT2D eigenvalue weighted by Gasteiger charge is 2.42. The van der Waals surface area contributed by atoms with Crippen molar-refractivity contribution in [1.29, 1.82) is 0 Å². The van der Waals surface area contributed by atoms with Gasteiger partial charge in [0.25, 0.3) is 5.91 Å². The van der Waals surface area contributed by atoms with Gasteiger partial charge < -0.3 is 14.2 Å². The SMILES string of the molecule is CN(Cc1nccn1C)[C@H]1C[C@H]2CCN(C(=O)C3=CC(=O)CC(C)(C)O3)C[C@H]2C1. The van der Waals surface area contributed by atoms with Gasteiger partial charge in [-0.25, -0.2) is 4.98 Å². The summed E-state index contributed by atoms with van der Waals surface area (Å²) in [5.74, 6) is 2.30. The molecule has 7 nitrogen and oxygen atoms in total. The molecule has 1 saturated carbocycles. The molecule has 29 heavy (non-hydrogen) atoms. The lowest BCUT2D eigenvalue weighted by atomic mass is 9.88. The summed E-state index contributed by atoms with van der Waals surface area (Å²) in [7, 11) is 4.20. The number of amides is 1. The Morgan fingerprint density at radius 2 is 2.10 bits per heavy atom. The molecule has 158 valence electrons. The average Bonchev–Trinajstić information content (AvgIpc) is 3.25. The number of likely N-dealkylation sites (tertiary alicyclic amines) is 1. The fourth-order valence-corrected chi connectivity index (χ4v) is 5.14. The first-order chi connectivity index (χ1) is 13.7. The second-order valence-electron chi connectivity index (χ2n) is 9.57. The lowest BCUT2D eigenvalue weighted by Gasteiger charge is -2.37. The van der Waals surface area contributed by atoms with E-state index < -0.39 is 5.60 Å². The standard InChI is InChI=1S/C22H32N4O3/c1-22(2)12-18(27)11-19(29-22)21(28)26-7-5-15-9-17(10-16(15)13-26)25(4)14-20-23-6-8-24(20)3/h6,8,11,15-17H,5,7,9-10,12-14H2,1-4H3/t15-,16-,17+/m1/s1. The zero-order valence-electron chi connectivity index (χ0n) is 17.9. The van der Waals surface area contributed by atoms with Crippen LogP contribution in [-0.4, -0.2) is 62.8 Å². The van der Waals surface area contributed by atoms with E-state index in [4.69, 9.17) is 4.74 Å². The molecule has 0 aromatic carbocycles. The van der Waals surface area contributed by atoms with Crippen molar-refractivity contribution in [3.8, 4) is 0 Å². The highest BCUT2D eigenvalue weighted by molar-refractivity contribution is 6.01. The molecule has 0 N–H and O–H groups in total. The van der Waals surface area contributed by atoms with Crippen molar-refractivity contribution in [3.05, 3.63) is 30.1 Å². The summed E-state index contributed by atoms with van der Waals surface area (Å²) in [4.78, 5) is 33.7. The summed E-state index contributed by atoms with van der Waals surface area (Å²) < 4.78 is 7.90. The van der Waals surface area contributed by atoms with Crippen molar-refractivity contribution >= 4 is 11.7 Å². The molecule has 0 bridgehead atoms. The third-order valence-electron chi connectivity index (χ3n) is 6.75. The van der Waals surface area contributed by atoms with E-state index in [0.29, 0.717) is 24.3 Å². The van der Waals surface area contributed by atoms with Crippen LogP contribution in [0.2, 0.25) is 0 Å². The first-order valence-electron chi connectivity index (χ1n) is 10.6. The zero-order chi connectivity index (χ0) is 20.8. The normalized spacial score (nSPS) is 28.9. The van der Waals surface area contributed by atoms with Gasteiger partial charge in [-0.2, -0.15) is 0 Å². The number of rotatable bonds is 4. The van der Waals surface area contributed by atoms with Crippen LogP contribution in [0.1, 0.15) is 45.4 Å². The van der Waals surface area contributed by atoms with Crippen LogP contribution in [0.5, 0.6) is 0 Å². The number of hydrogen-bond acceptors (Lipinski definition) is 5. The van der Waals surface area contributed by atoms with E-state index in [-0.39, 0.29) is 17.4 Å². The Labute approximate surface area is 172 Å². The minimum atomic E-state index is -0.610. The molecule has 1 amide bonds. The molecule has 4 rings (SSSR count). The van der Waals surface area contributed by atoms with Gasteiger partial charge in [0.15, 0.2) is 11.5 Å². The van der Waals surface area contributed by atoms with E-state index in [1.807, 2.05) is 38.2 Å². The molecule has 0 radical (unpaired) electrons. The first-order valence-corrected chi connectivity index (χ1v) is 10.6. The van der Waals surface area contributed by atoms with Gasteiger partial charge in [-0.05, 0) is 52.0 Å². The van der Waals surface area contributed by atoms with E-state index in [1.165, 1.54) is 12.5 Å². The summed E-state index contributed by atoms with van der Waals surface area (Å²) >= 11 is 0. The molecule has 3 atom stereocenters. The lowest BCUT2D eigenvalue weighted by Crippen LogP contribution is -2.45. The predicted octanol–water partition coefficient (Wildman–Crippen LogP) is 2.13. The zero-order valence-corrected chi connectivity index (χ0v) is 17.9. The number of carbonyl (C=O) groups excluding carboxylic acids is 2. The van der Waals surface area contributed by atoms with Crippen LogP contribution in [0.25, 0.3) is 0 Å². The summed E-state index contributed by atoms with van der Waals surface area (Å²) in [5.41, 5.74) is -0.610. The molecule has 1 aliphatic carbocycles. The van der Waals surface area contributed by atoms with Crippen LogP contribution in [-0.2, 0) is 27.9 Å². The highest BCUT2D eigenvalue weighted by Crippen LogP contribution is 2.40. The fraction of sp³-hybridized carbons (Fsp3) is 0.682. The van der Waals surface area contributed by atoms with E-state index in [2.05, 4.69) is 21.5 Å². The second kappa shape index (κ2) is 7.59. The number of ketones is 1. The Morgan fingerprint density at radius 1 is 1.34 bits per heavy atom. The van der Waals surface area contributed by atoms with Crippen LogP contribution in [0.15, 0.2) is 24.2 Å². The van der Waals surface area contributed by atoms with Crippen molar-refractivity contribution in [3.63, 3.8) is 0 Å². The topological polar surface area (TPSA) is 67.7 Å². The van der Waals surface area contributed by atoms with Crippen LogP contribution in [0.4, 0.5) is 0 Å². The van der Waals surface area contributed by atoms with Crippen molar-refractivity contribution < 1.29 is 14.3 Å². The number of imidazole rings is 1. The van der Waals surface area contributed by atoms with Gasteiger partial charge in [0.05, 0.1) is 6.54 Å². The number of piperidine rings is 1. The molecular weight excluding hydrogens is 368 g/mol. The average molecular weight is 401 g/mol. The largest absolute Gasteiger partial charge is 0.481 e. The number of aryl methyl sites for hydroxylation is 1. The quantitative estimate of drug-likeness (QED) is 0.775. The smallest absolute Gasteiger partial charge is 0.289 e. The van der Waals surface area contributed by atoms with Gasteiger partial charge in [-0.15, -0.1) is 0 Å². The maximum atomic E-state index is 13.0. The summed E-state index contributed by atoms with van der Waals surface area (Å²) in [6.07, 6.45) is 8.83. The predicted molar refractivity (Wildman–Crippen MR) is 109 cm³/mol. The minimum absolute atomic E-state index is 0.0312. The van der Waals surface area contributed by atoms with Gasteiger partial charge in [0, 0.05) is 51.1 Å². The maximum Gasteiger partial charge on any atom is 0.289 e. The highest BCUT2D eigenvalue weighted by atomic mass is 16.5. The second-order valence-corrected chi connectivity index (χ2v) is 9.57. The fourth-order valence-electron chi connectivity index (χ4n) is 5.14. The molecule has 3 aliphatic rings. The van der Waals surface area contributed by atoms with Crippen molar-refractivity contribution in [2.45, 2.75) is 57.7 Å². The molecule has 7 heteroatoms. The number of hydrogen-bond donors (Lipinski definition) is 0. The Hall–Kier alpha value is -2.15. The van der Waals surface area contributed by atoms with Gasteiger partial charge in [0.2, 0.25) is 0 Å². The van der Waals surface area contributed by atoms with E-state index in [0.717, 1.165) is 38.3 Å². The monoisotopic (exact) mass is 400 g/mol. The number of ether oxygens (including phenoxy) is 1. The summed E-state index contributed by atoms with van der Waals surface area (Å²) in [6, 6.07) is 0.516. The number of aromatic nitrogens is 2. The van der Waals surface area contributed by atoms with Crippen LogP contribution >= 0.6 is 0 Å². The first kappa shape index (κ1) is 20.1. The third-order valence-corrected chi connectivity index (χ3v) is 6.75.